The molecule has 180 valence electrons. The Bertz CT molecular complexity index is 922. The average molecular weight is 479 g/mol. The van der Waals surface area contributed by atoms with Crippen molar-refractivity contribution in [2.75, 3.05) is 18.5 Å². The number of nitrogens with one attached hydrogen (secondary N) is 1. The van der Waals surface area contributed by atoms with E-state index in [1.165, 1.54) is 4.90 Å². The lowest BCUT2D eigenvalue weighted by Gasteiger charge is -2.37. The minimum Gasteiger partial charge on any atom is -0.466 e. The van der Waals surface area contributed by atoms with Gasteiger partial charge in [0.2, 0.25) is 11.8 Å². The second-order valence-electron chi connectivity index (χ2n) is 9.52. The molecule has 3 aliphatic heterocycles. The molecule has 0 aliphatic carbocycles. The minimum absolute atomic E-state index is 0.186. The number of anilines is 1. The first-order valence-electron chi connectivity index (χ1n) is 11.6. The summed E-state index contributed by atoms with van der Waals surface area (Å²) in [5.74, 6) is -2.57. The Morgan fingerprint density at radius 1 is 1.33 bits per heavy atom. The molecule has 4 rings (SSSR count). The second kappa shape index (κ2) is 9.24. The molecule has 3 aliphatic rings. The largest absolute Gasteiger partial charge is 0.466 e. The van der Waals surface area contributed by atoms with Gasteiger partial charge in [-0.05, 0) is 56.4 Å². The molecule has 3 saturated heterocycles. The van der Waals surface area contributed by atoms with Gasteiger partial charge in [-0.15, -0.1) is 0 Å². The van der Waals surface area contributed by atoms with Crippen molar-refractivity contribution in [3.63, 3.8) is 0 Å². The molecule has 1 aromatic rings. The summed E-state index contributed by atoms with van der Waals surface area (Å²) in [4.78, 5) is 41.8. The van der Waals surface area contributed by atoms with Gasteiger partial charge in [0.25, 0.3) is 0 Å². The van der Waals surface area contributed by atoms with Crippen LogP contribution in [-0.4, -0.2) is 64.8 Å². The predicted octanol–water partition coefficient (Wildman–Crippen LogP) is 2.62. The van der Waals surface area contributed by atoms with Gasteiger partial charge in [0.15, 0.2) is 0 Å². The molecule has 6 atom stereocenters. The number of likely N-dealkylation sites (tertiary alicyclic amines) is 1. The van der Waals surface area contributed by atoms with E-state index in [2.05, 4.69) is 5.32 Å². The van der Waals surface area contributed by atoms with Crippen molar-refractivity contribution in [1.29, 1.82) is 0 Å². The highest BCUT2D eigenvalue weighted by molar-refractivity contribution is 6.30. The van der Waals surface area contributed by atoms with Crippen molar-refractivity contribution >= 4 is 35.1 Å². The maximum Gasteiger partial charge on any atom is 0.312 e. The molecule has 0 aromatic heterocycles. The summed E-state index contributed by atoms with van der Waals surface area (Å²) in [6, 6.07) is 5.17. The number of benzene rings is 1. The number of fused-ring (bicyclic) bond motifs is 1. The second-order valence-corrected chi connectivity index (χ2v) is 9.95. The molecule has 2 bridgehead atoms. The molecule has 3 fully saturated rings. The molecule has 33 heavy (non-hydrogen) atoms. The van der Waals surface area contributed by atoms with E-state index in [0.29, 0.717) is 30.0 Å². The van der Waals surface area contributed by atoms with E-state index in [4.69, 9.17) is 21.1 Å². The zero-order valence-electron chi connectivity index (χ0n) is 19.1. The Morgan fingerprint density at radius 3 is 2.64 bits per heavy atom. The number of hydrogen-bond donors (Lipinski definition) is 2. The van der Waals surface area contributed by atoms with Gasteiger partial charge in [0.05, 0.1) is 37.2 Å². The fourth-order valence-corrected chi connectivity index (χ4v) is 5.98. The lowest BCUT2D eigenvalue weighted by molar-refractivity contribution is -0.155. The third-order valence-corrected chi connectivity index (χ3v) is 7.26. The fourth-order valence-electron chi connectivity index (χ4n) is 5.85. The van der Waals surface area contributed by atoms with E-state index in [0.717, 1.165) is 0 Å². The van der Waals surface area contributed by atoms with Crippen molar-refractivity contribution in [2.24, 2.45) is 17.8 Å². The van der Waals surface area contributed by atoms with Crippen LogP contribution in [0.3, 0.4) is 0 Å². The number of halogens is 1. The summed E-state index contributed by atoms with van der Waals surface area (Å²) < 4.78 is 11.6. The monoisotopic (exact) mass is 478 g/mol. The molecule has 0 saturated carbocycles. The van der Waals surface area contributed by atoms with Crippen LogP contribution in [0.1, 0.15) is 40.0 Å². The lowest BCUT2D eigenvalue weighted by Crippen LogP contribution is -2.56. The van der Waals surface area contributed by atoms with Crippen molar-refractivity contribution in [1.82, 2.24) is 4.90 Å². The van der Waals surface area contributed by atoms with Crippen LogP contribution in [0.4, 0.5) is 5.69 Å². The number of hydrogen-bond acceptors (Lipinski definition) is 6. The highest BCUT2D eigenvalue weighted by atomic mass is 35.5. The molecule has 8 nitrogen and oxygen atoms in total. The van der Waals surface area contributed by atoms with E-state index in [1.807, 2.05) is 13.8 Å². The normalized spacial score (nSPS) is 31.1. The maximum atomic E-state index is 13.8. The third kappa shape index (κ3) is 4.02. The zero-order valence-corrected chi connectivity index (χ0v) is 19.9. The van der Waals surface area contributed by atoms with Gasteiger partial charge in [-0.1, -0.05) is 25.4 Å². The Balaban J connectivity index is 1.73. The third-order valence-electron chi connectivity index (χ3n) is 7.00. The zero-order chi connectivity index (χ0) is 23.9. The summed E-state index contributed by atoms with van der Waals surface area (Å²) in [5.41, 5.74) is -0.587. The Hall–Kier alpha value is -2.16. The number of ether oxygens (including phenoxy) is 2. The van der Waals surface area contributed by atoms with Crippen LogP contribution in [0.2, 0.25) is 5.02 Å². The molecule has 2 amide bonds. The highest BCUT2D eigenvalue weighted by Gasteiger charge is 2.75. The smallest absolute Gasteiger partial charge is 0.312 e. The molecular weight excluding hydrogens is 448 g/mol. The molecule has 0 unspecified atom stereocenters. The van der Waals surface area contributed by atoms with Gasteiger partial charge in [0.1, 0.15) is 11.6 Å². The van der Waals surface area contributed by atoms with Gasteiger partial charge in [-0.25, -0.2) is 0 Å². The molecular formula is C24H31ClN2O6. The van der Waals surface area contributed by atoms with Crippen LogP contribution in [0.5, 0.6) is 0 Å². The van der Waals surface area contributed by atoms with Gasteiger partial charge in [0, 0.05) is 10.7 Å². The number of esters is 1. The van der Waals surface area contributed by atoms with Crippen molar-refractivity contribution in [3.8, 4) is 0 Å². The number of carbonyl (C=O) groups is 3. The molecule has 2 N–H and O–H groups in total. The highest BCUT2D eigenvalue weighted by Crippen LogP contribution is 2.59. The van der Waals surface area contributed by atoms with Crippen LogP contribution < -0.4 is 5.32 Å². The van der Waals surface area contributed by atoms with E-state index >= 15 is 0 Å². The van der Waals surface area contributed by atoms with Crippen LogP contribution in [-0.2, 0) is 23.9 Å². The van der Waals surface area contributed by atoms with E-state index in [9.17, 15) is 19.5 Å². The van der Waals surface area contributed by atoms with Gasteiger partial charge < -0.3 is 24.8 Å². The van der Waals surface area contributed by atoms with E-state index in [1.54, 1.807) is 31.2 Å². The fraction of sp³-hybridized carbons (Fsp3) is 0.625. The average Bonchev–Trinajstić information content (AvgIpc) is 3.41. The summed E-state index contributed by atoms with van der Waals surface area (Å²) in [5, 5.41) is 13.6. The number of aliphatic hydroxyl groups is 1. The first kappa shape index (κ1) is 24.0. The topological polar surface area (TPSA) is 105 Å². The van der Waals surface area contributed by atoms with Crippen LogP contribution >= 0.6 is 11.6 Å². The first-order chi connectivity index (χ1) is 15.7. The summed E-state index contributed by atoms with van der Waals surface area (Å²) in [7, 11) is 0. The van der Waals surface area contributed by atoms with Crippen molar-refractivity contribution in [3.05, 3.63) is 29.3 Å². The lowest BCUT2D eigenvalue weighted by atomic mass is 9.70. The van der Waals surface area contributed by atoms with Crippen molar-refractivity contribution < 1.29 is 29.0 Å². The number of aliphatic hydroxyl groups excluding tert-OH is 1. The van der Waals surface area contributed by atoms with Crippen LogP contribution in [0, 0.1) is 17.8 Å². The molecule has 1 spiro atoms. The maximum absolute atomic E-state index is 13.8. The number of nitrogens with zero attached hydrogens (tertiary/aromatic N) is 1. The SMILES string of the molecule is CCOC(=O)[C@@H]1[C@@H]2CC[C@]3(O2)[C@H](C(=O)Nc2ccc(Cl)cc2)N([C@@H](CO)CC(C)C)C(=O)[C@@H]13. The summed E-state index contributed by atoms with van der Waals surface area (Å²) >= 11 is 5.96. The Kier molecular flexibility index (Phi) is 6.71. The minimum atomic E-state index is -1.12. The first-order valence-corrected chi connectivity index (χ1v) is 11.9. The van der Waals surface area contributed by atoms with Crippen LogP contribution in [0.15, 0.2) is 24.3 Å². The molecule has 1 aromatic carbocycles. The molecule has 9 heteroatoms. The van der Waals surface area contributed by atoms with Gasteiger partial charge in [-0.2, -0.15) is 0 Å². The number of carbonyl (C=O) groups excluding carboxylic acids is 3. The van der Waals surface area contributed by atoms with E-state index in [-0.39, 0.29) is 25.0 Å². The predicted molar refractivity (Wildman–Crippen MR) is 121 cm³/mol. The number of rotatable bonds is 8. The quantitative estimate of drug-likeness (QED) is 0.556. The van der Waals surface area contributed by atoms with Gasteiger partial charge in [-0.3, -0.25) is 14.4 Å². The van der Waals surface area contributed by atoms with Crippen molar-refractivity contribution in [2.45, 2.75) is 63.8 Å². The Labute approximate surface area is 198 Å². The summed E-state index contributed by atoms with van der Waals surface area (Å²) in [6.07, 6.45) is 1.12. The summed E-state index contributed by atoms with van der Waals surface area (Å²) in [6.45, 7) is 5.62. The van der Waals surface area contributed by atoms with Gasteiger partial charge >= 0.3 is 5.97 Å². The standard InChI is InChI=1S/C24H31ClN2O6/c1-4-32-23(31)18-17-9-10-24(33-17)19(18)22(30)27(16(12-28)11-13(2)3)20(24)21(29)26-15-7-5-14(25)6-8-15/h5-8,13,16-20,28H,4,9-12H2,1-3H3,(H,26,29)/t16-,17+,18-,19-,20+,24-/m1/s1. The number of amides is 2. The molecule has 3 heterocycles. The molecule has 0 radical (unpaired) electrons. The Morgan fingerprint density at radius 2 is 2.03 bits per heavy atom. The van der Waals surface area contributed by atoms with E-state index < -0.39 is 47.5 Å². The van der Waals surface area contributed by atoms with Crippen LogP contribution in [0.25, 0.3) is 0 Å².